The van der Waals surface area contributed by atoms with E-state index in [1.54, 1.807) is 72.1 Å². The molecule has 13 nitrogen and oxygen atoms in total. The fourth-order valence-electron chi connectivity index (χ4n) is 14.9. The van der Waals surface area contributed by atoms with Crippen molar-refractivity contribution in [3.8, 4) is 11.5 Å². The molecule has 1 atom stereocenters. The summed E-state index contributed by atoms with van der Waals surface area (Å²) in [7, 11) is -8.20. The SMILES string of the molecule is Cc1cc([S+]2c3ccccc3Sc3cc(CCO)ccc32)cc(C)c1O.O=C(OCCCO)c1ccc([S+]2c3ccccc3S(=O)(=O)c3ccccc32)cc1.O=S(=O)(CCO)c1ccc([S+]2c3ccccc3Sc3ccccc32)cc1.OCCOc1ccc([S+]2c3ccccc3Sc3ccccc32)cc1.OCCSc1ccc([S+]2c3ccccc3Sc3ccccc32)cc1. The van der Waals surface area contributed by atoms with Gasteiger partial charge in [-0.2, -0.15) is 0 Å². The smallest absolute Gasteiger partial charge is 0.338 e. The minimum atomic E-state index is -3.56. The van der Waals surface area contributed by atoms with Crippen molar-refractivity contribution in [1.82, 2.24) is 0 Å². The molecule has 5 aliphatic heterocycles. The van der Waals surface area contributed by atoms with Crippen molar-refractivity contribution in [2.24, 2.45) is 0 Å². The number of aliphatic hydroxyl groups excluding tert-OH is 5. The Balaban J connectivity index is 0.000000118. The summed E-state index contributed by atoms with van der Waals surface area (Å²) in [6.45, 7) is 4.44. The Kier molecular flexibility index (Phi) is 31.2. The molecule has 5 aliphatic rings. The van der Waals surface area contributed by atoms with E-state index in [1.165, 1.54) is 103 Å². The van der Waals surface area contributed by atoms with Gasteiger partial charge < -0.3 is 40.1 Å². The van der Waals surface area contributed by atoms with Crippen molar-refractivity contribution in [2.75, 3.05) is 57.8 Å². The normalized spacial score (nSPS) is 14.1. The lowest BCUT2D eigenvalue weighted by Gasteiger charge is -2.20. The van der Waals surface area contributed by atoms with Crippen LogP contribution in [-0.4, -0.2) is 111 Å². The summed E-state index contributed by atoms with van der Waals surface area (Å²) in [5.41, 5.74) is 3.42. The monoisotopic (exact) mass is 1930 g/mol. The fraction of sp³-hybridized carbons (Fsp3) is 0.125. The first-order valence-corrected chi connectivity index (χ1v) is 55.0. The molecule has 652 valence electrons. The van der Waals surface area contributed by atoms with Crippen LogP contribution in [0.1, 0.15) is 33.5 Å². The molecule has 0 saturated heterocycles. The number of ether oxygens (including phenoxy) is 2. The standard InChI is InChI=1S/C22H19O5S2.C22H20O2S2.C20H17O3S3.C20H17O2S2.C20H17OS3/c23-14-5-15-27-22(24)16-10-12-17(13-11-16)28-18-6-1-3-8-20(18)29(25,26)21-9-4-2-7-19(21)28;1-14-11-17(12-15(2)22(14)24)26-20-6-4-3-5-18(20)25-19-13-16(9-10-23)7-8-21(19)26;21-13-14-26(22,23)16-11-9-15(10-12-16)25-19-7-3-1-5-17(19)24-18-6-2-4-8-20(18)25;2*21-13-14-22-15-9-11-16(12-10-15)24-19-7-3-1-5-17(19)23-18-6-2-4-8-20(18)24/h1-4,6-13,23H,5,14-15H2;3-8,11-13,23H,9-10H2,1-2H3;1-12,21H,13-14H2;2*1-12,21H,13-14H2/q+1;;3*+1/p+1. The third-order valence-corrected chi connectivity index (χ3v) is 43.0. The zero-order valence-electron chi connectivity index (χ0n) is 70.1. The van der Waals surface area contributed by atoms with Crippen LogP contribution in [0.2, 0.25) is 0 Å². The van der Waals surface area contributed by atoms with E-state index in [9.17, 15) is 31.8 Å². The van der Waals surface area contributed by atoms with E-state index in [0.29, 0.717) is 40.6 Å². The van der Waals surface area contributed by atoms with Crippen LogP contribution in [0.15, 0.2) is 478 Å². The minimum Gasteiger partial charge on any atom is -0.507 e. The van der Waals surface area contributed by atoms with Crippen molar-refractivity contribution < 1.29 is 61.7 Å². The van der Waals surface area contributed by atoms with E-state index in [0.717, 1.165) is 42.2 Å². The lowest BCUT2D eigenvalue weighted by molar-refractivity contribution is 0.0481. The molecule has 0 amide bonds. The average Bonchev–Trinajstić information content (AvgIpc) is 0.715. The number of hydrogen-bond acceptors (Lipinski definition) is 18. The number of hydrogen-bond donors (Lipinski definition) is 6. The third kappa shape index (κ3) is 21.1. The Morgan fingerprint density at radius 1 is 0.364 bits per heavy atom. The minimum absolute atomic E-state index is 0.0310. The topological polar surface area (TPSA) is 225 Å². The number of carbonyl (C=O) groups is 1. The number of aryl methyl sites for hydroxylation is 2. The largest absolute Gasteiger partial charge is 0.507 e. The Morgan fingerprint density at radius 2 is 0.721 bits per heavy atom. The van der Waals surface area contributed by atoms with Gasteiger partial charge in [-0.15, -0.1) is 11.8 Å². The zero-order valence-corrected chi connectivity index (χ0v) is 79.9. The van der Waals surface area contributed by atoms with Gasteiger partial charge in [-0.1, -0.05) is 162 Å². The molecule has 6 N–H and O–H groups in total. The van der Waals surface area contributed by atoms with Crippen molar-refractivity contribution in [3.05, 3.63) is 368 Å². The first kappa shape index (κ1) is 92.8. The van der Waals surface area contributed by atoms with Gasteiger partial charge in [-0.3, -0.25) is 0 Å². The molecule has 0 aromatic heterocycles. The van der Waals surface area contributed by atoms with Crippen molar-refractivity contribution in [1.29, 1.82) is 0 Å². The molecule has 5 heterocycles. The summed E-state index contributed by atoms with van der Waals surface area (Å²) in [4.78, 5) is 42.8. The highest BCUT2D eigenvalue weighted by molar-refractivity contribution is 8.06. The first-order valence-electron chi connectivity index (χ1n) is 41.5. The van der Waals surface area contributed by atoms with Gasteiger partial charge in [0, 0.05) is 42.4 Å². The molecule has 0 saturated carbocycles. The predicted molar refractivity (Wildman–Crippen MR) is 523 cm³/mol. The summed E-state index contributed by atoms with van der Waals surface area (Å²) in [5.74, 6) is 1.23. The molecule has 129 heavy (non-hydrogen) atoms. The third-order valence-electron chi connectivity index (χ3n) is 20.9. The number of phenolic OH excluding ortho intramolecular Hbond substituents is 1. The number of sulfone groups is 2. The van der Waals surface area contributed by atoms with Gasteiger partial charge in [-0.25, -0.2) is 21.6 Å². The number of aliphatic hydroxyl groups is 5. The van der Waals surface area contributed by atoms with E-state index >= 15 is 0 Å². The number of benzene rings is 15. The first-order chi connectivity index (χ1) is 62.9. The summed E-state index contributed by atoms with van der Waals surface area (Å²) in [6, 6.07) is 116. The number of phenols is 1. The zero-order chi connectivity index (χ0) is 89.5. The highest BCUT2D eigenvalue weighted by Crippen LogP contribution is 2.54. The van der Waals surface area contributed by atoms with Crippen LogP contribution in [0.25, 0.3) is 0 Å². The van der Waals surface area contributed by atoms with E-state index in [-0.39, 0.29) is 93.9 Å². The van der Waals surface area contributed by atoms with Gasteiger partial charge in [0.1, 0.15) is 82.4 Å². The van der Waals surface area contributed by atoms with Crippen molar-refractivity contribution in [2.45, 2.75) is 159 Å². The molecule has 1 unspecified atom stereocenters. The van der Waals surface area contributed by atoms with Gasteiger partial charge >= 0.3 is 5.97 Å². The fourth-order valence-corrected chi connectivity index (χ4v) is 36.5. The summed E-state index contributed by atoms with van der Waals surface area (Å²) < 4.78 is 61.0. The molecule has 0 aliphatic carbocycles. The highest BCUT2D eigenvalue weighted by atomic mass is 32.2. The van der Waals surface area contributed by atoms with Crippen LogP contribution in [0.5, 0.6) is 11.5 Å². The van der Waals surface area contributed by atoms with Crippen LogP contribution in [0.4, 0.5) is 0 Å². The molecule has 15 aromatic rings. The van der Waals surface area contributed by atoms with Crippen LogP contribution in [-0.2, 0) is 85.3 Å². The Hall–Kier alpha value is -9.43. The van der Waals surface area contributed by atoms with Gasteiger partial charge in [-0.05, 0) is 255 Å². The number of thioether (sulfide) groups is 1. The summed E-state index contributed by atoms with van der Waals surface area (Å²) in [5, 5.41) is 55.1. The number of carbonyl (C=O) groups excluding carboxylic acids is 1. The molecule has 15 aromatic carbocycles. The molecule has 0 radical (unpaired) electrons. The Morgan fingerprint density at radius 3 is 1.12 bits per heavy atom. The quantitative estimate of drug-likeness (QED) is 0.0181. The maximum atomic E-state index is 13.1. The predicted octanol–water partition coefficient (Wildman–Crippen LogP) is 22.5. The molecule has 0 fully saturated rings. The second kappa shape index (κ2) is 43.3. The lowest BCUT2D eigenvalue weighted by atomic mass is 10.1. The highest BCUT2D eigenvalue weighted by Gasteiger charge is 2.47. The molecule has 25 heteroatoms. The summed E-state index contributed by atoms with van der Waals surface area (Å²) >= 11 is 9.00. The van der Waals surface area contributed by atoms with Crippen LogP contribution in [0.3, 0.4) is 0 Å². The average molecular weight is 1930 g/mol. The second-order valence-corrected chi connectivity index (χ2v) is 48.8. The van der Waals surface area contributed by atoms with Crippen LogP contribution < -0.4 is 4.74 Å². The molecule has 20 rings (SSSR count). The van der Waals surface area contributed by atoms with E-state index in [4.69, 9.17) is 29.9 Å². The molecular weight excluding hydrogens is 1840 g/mol. The maximum absolute atomic E-state index is 13.1. The maximum Gasteiger partial charge on any atom is 0.338 e. The number of fused-ring (bicyclic) bond motifs is 10. The van der Waals surface area contributed by atoms with Crippen LogP contribution in [0, 0.1) is 13.8 Å². The Labute approximate surface area is 789 Å². The molecule has 0 bridgehead atoms. The lowest BCUT2D eigenvalue weighted by Crippen LogP contribution is -2.20. The number of rotatable bonds is 20. The van der Waals surface area contributed by atoms with Crippen molar-refractivity contribution in [3.63, 3.8) is 0 Å². The van der Waals surface area contributed by atoms with Gasteiger partial charge in [0.25, 0.3) is 0 Å². The second-order valence-electron chi connectivity index (χ2n) is 29.5. The Bertz CT molecular complexity index is 6390. The van der Waals surface area contributed by atoms with Crippen molar-refractivity contribution >= 4 is 139 Å². The summed E-state index contributed by atoms with van der Waals surface area (Å²) in [6.07, 6.45) is 1.08. The number of aromatic hydroxyl groups is 1. The number of esters is 1. The van der Waals surface area contributed by atoms with E-state index in [1.807, 2.05) is 134 Å². The van der Waals surface area contributed by atoms with E-state index in [2.05, 4.69) is 212 Å². The van der Waals surface area contributed by atoms with Gasteiger partial charge in [0.15, 0.2) is 83.3 Å². The van der Waals surface area contributed by atoms with E-state index < -0.39 is 36.5 Å². The molecular formula is C104H91O13S12+5. The molecule has 0 spiro atoms. The van der Waals surface area contributed by atoms with Crippen LogP contribution >= 0.6 is 58.8 Å². The van der Waals surface area contributed by atoms with Gasteiger partial charge in [0.2, 0.25) is 9.84 Å². The van der Waals surface area contributed by atoms with Gasteiger partial charge in [0.05, 0.1) is 81.8 Å².